The molecule has 0 spiro atoms. The normalized spacial score (nSPS) is 17.1. The number of oxazole rings is 1. The van der Waals surface area contributed by atoms with Crippen molar-refractivity contribution in [1.82, 2.24) is 9.88 Å². The smallest absolute Gasteiger partial charge is 0.408 e. The van der Waals surface area contributed by atoms with Crippen LogP contribution < -0.4 is 11.1 Å². The molecule has 0 unspecified atom stereocenters. The standard InChI is InChI=1S/C15H20N2O2/c18-15-17(13-8-4-5-9-14(13)19-15)11-16-10-12-6-2-1-3-7-12/h4-5,8-9,12,16H,1-3,6-7,10-11H2. The van der Waals surface area contributed by atoms with Crippen LogP contribution in [-0.4, -0.2) is 11.1 Å². The highest BCUT2D eigenvalue weighted by molar-refractivity contribution is 5.72. The lowest BCUT2D eigenvalue weighted by molar-refractivity contribution is 0.330. The minimum absolute atomic E-state index is 0.280. The zero-order valence-corrected chi connectivity index (χ0v) is 11.1. The van der Waals surface area contributed by atoms with Crippen molar-refractivity contribution in [1.29, 1.82) is 0 Å². The van der Waals surface area contributed by atoms with E-state index in [9.17, 15) is 4.79 Å². The molecule has 1 aromatic heterocycles. The molecule has 1 aliphatic rings. The number of benzene rings is 1. The van der Waals surface area contributed by atoms with E-state index in [4.69, 9.17) is 4.42 Å². The first-order valence-electron chi connectivity index (χ1n) is 7.14. The van der Waals surface area contributed by atoms with E-state index in [0.717, 1.165) is 18.0 Å². The molecular formula is C15H20N2O2. The molecule has 0 radical (unpaired) electrons. The quantitative estimate of drug-likeness (QED) is 0.919. The van der Waals surface area contributed by atoms with E-state index in [2.05, 4.69) is 5.32 Å². The van der Waals surface area contributed by atoms with E-state index in [-0.39, 0.29) is 5.76 Å². The lowest BCUT2D eigenvalue weighted by atomic mass is 9.89. The van der Waals surface area contributed by atoms with E-state index in [1.54, 1.807) is 4.57 Å². The Kier molecular flexibility index (Phi) is 3.69. The highest BCUT2D eigenvalue weighted by atomic mass is 16.4. The first-order valence-corrected chi connectivity index (χ1v) is 7.14. The molecule has 0 atom stereocenters. The fraction of sp³-hybridized carbons (Fsp3) is 0.533. The third kappa shape index (κ3) is 2.73. The molecule has 1 saturated carbocycles. The van der Waals surface area contributed by atoms with Crippen LogP contribution in [0, 0.1) is 5.92 Å². The van der Waals surface area contributed by atoms with Gasteiger partial charge < -0.3 is 4.42 Å². The number of fused-ring (bicyclic) bond motifs is 1. The Balaban J connectivity index is 1.65. The van der Waals surface area contributed by atoms with Gasteiger partial charge in [-0.15, -0.1) is 0 Å². The van der Waals surface area contributed by atoms with Gasteiger partial charge in [-0.25, -0.2) is 4.79 Å². The van der Waals surface area contributed by atoms with Gasteiger partial charge in [0.2, 0.25) is 0 Å². The molecule has 1 heterocycles. The van der Waals surface area contributed by atoms with Gasteiger partial charge in [0.25, 0.3) is 0 Å². The summed E-state index contributed by atoms with van der Waals surface area (Å²) in [4.78, 5) is 11.8. The number of hydrogen-bond donors (Lipinski definition) is 1. The molecule has 102 valence electrons. The monoisotopic (exact) mass is 260 g/mol. The van der Waals surface area contributed by atoms with Crippen LogP contribution in [0.1, 0.15) is 32.1 Å². The molecule has 4 heteroatoms. The Bertz CT molecular complexity index is 593. The highest BCUT2D eigenvalue weighted by Gasteiger charge is 2.13. The molecule has 1 aromatic carbocycles. The summed E-state index contributed by atoms with van der Waals surface area (Å²) in [7, 11) is 0. The second-order valence-corrected chi connectivity index (χ2v) is 5.38. The van der Waals surface area contributed by atoms with E-state index in [1.165, 1.54) is 32.1 Å². The van der Waals surface area contributed by atoms with Gasteiger partial charge in [-0.2, -0.15) is 0 Å². The summed E-state index contributed by atoms with van der Waals surface area (Å²) < 4.78 is 6.87. The summed E-state index contributed by atoms with van der Waals surface area (Å²) >= 11 is 0. The molecule has 1 aliphatic carbocycles. The molecular weight excluding hydrogens is 240 g/mol. The lowest BCUT2D eigenvalue weighted by Crippen LogP contribution is -2.30. The first kappa shape index (κ1) is 12.5. The van der Waals surface area contributed by atoms with Crippen molar-refractivity contribution in [3.63, 3.8) is 0 Å². The zero-order valence-electron chi connectivity index (χ0n) is 11.1. The summed E-state index contributed by atoms with van der Waals surface area (Å²) in [6.07, 6.45) is 6.70. The number of nitrogens with one attached hydrogen (secondary N) is 1. The molecule has 4 nitrogen and oxygen atoms in total. The van der Waals surface area contributed by atoms with Gasteiger partial charge in [0, 0.05) is 0 Å². The van der Waals surface area contributed by atoms with Crippen molar-refractivity contribution in [2.45, 2.75) is 38.8 Å². The van der Waals surface area contributed by atoms with Crippen molar-refractivity contribution >= 4 is 11.1 Å². The number of nitrogens with zero attached hydrogens (tertiary/aromatic N) is 1. The molecule has 1 N–H and O–H groups in total. The van der Waals surface area contributed by atoms with E-state index >= 15 is 0 Å². The minimum atomic E-state index is -0.280. The van der Waals surface area contributed by atoms with Crippen molar-refractivity contribution in [3.8, 4) is 0 Å². The number of aromatic nitrogens is 1. The molecule has 0 bridgehead atoms. The van der Waals surface area contributed by atoms with E-state index < -0.39 is 0 Å². The molecule has 2 aromatic rings. The summed E-state index contributed by atoms with van der Waals surface area (Å²) in [5, 5.41) is 3.39. The summed E-state index contributed by atoms with van der Waals surface area (Å²) in [6.45, 7) is 1.53. The Morgan fingerprint density at radius 3 is 2.84 bits per heavy atom. The van der Waals surface area contributed by atoms with Crippen LogP contribution in [-0.2, 0) is 6.67 Å². The maximum atomic E-state index is 11.8. The molecule has 19 heavy (non-hydrogen) atoms. The Hall–Kier alpha value is -1.55. The fourth-order valence-corrected chi connectivity index (χ4v) is 2.94. The zero-order chi connectivity index (χ0) is 13.1. The molecule has 0 amide bonds. The third-order valence-corrected chi connectivity index (χ3v) is 4.00. The largest absolute Gasteiger partial charge is 0.421 e. The first-order chi connectivity index (χ1) is 9.34. The predicted octanol–water partition coefficient (Wildman–Crippen LogP) is 2.72. The van der Waals surface area contributed by atoms with E-state index in [0.29, 0.717) is 12.3 Å². The highest BCUT2D eigenvalue weighted by Crippen LogP contribution is 2.22. The van der Waals surface area contributed by atoms with E-state index in [1.807, 2.05) is 24.3 Å². The average Bonchev–Trinajstić information content (AvgIpc) is 2.76. The van der Waals surface area contributed by atoms with Crippen LogP contribution in [0.3, 0.4) is 0 Å². The molecule has 1 fully saturated rings. The topological polar surface area (TPSA) is 47.2 Å². The van der Waals surface area contributed by atoms with Crippen molar-refractivity contribution in [2.24, 2.45) is 5.92 Å². The maximum Gasteiger partial charge on any atom is 0.421 e. The number of rotatable bonds is 4. The summed E-state index contributed by atoms with van der Waals surface area (Å²) in [5.41, 5.74) is 1.52. The van der Waals surface area contributed by atoms with Crippen LogP contribution in [0.25, 0.3) is 11.1 Å². The van der Waals surface area contributed by atoms with Crippen LogP contribution in [0.4, 0.5) is 0 Å². The number of hydrogen-bond acceptors (Lipinski definition) is 3. The fourth-order valence-electron chi connectivity index (χ4n) is 2.94. The summed E-state index contributed by atoms with van der Waals surface area (Å²) in [6, 6.07) is 7.55. The Morgan fingerprint density at radius 1 is 1.21 bits per heavy atom. The molecule has 3 rings (SSSR count). The van der Waals surface area contributed by atoms with Gasteiger partial charge in [0.1, 0.15) is 0 Å². The second kappa shape index (κ2) is 5.61. The average molecular weight is 260 g/mol. The minimum Gasteiger partial charge on any atom is -0.408 e. The number of para-hydroxylation sites is 2. The van der Waals surface area contributed by atoms with Crippen LogP contribution >= 0.6 is 0 Å². The van der Waals surface area contributed by atoms with Gasteiger partial charge >= 0.3 is 5.76 Å². The molecule has 0 aliphatic heterocycles. The van der Waals surface area contributed by atoms with Crippen molar-refractivity contribution in [3.05, 3.63) is 34.8 Å². The Morgan fingerprint density at radius 2 is 2.00 bits per heavy atom. The third-order valence-electron chi connectivity index (χ3n) is 4.00. The van der Waals surface area contributed by atoms with Gasteiger partial charge in [-0.05, 0) is 37.4 Å². The summed E-state index contributed by atoms with van der Waals surface area (Å²) in [5.74, 6) is 0.486. The van der Waals surface area contributed by atoms with Gasteiger partial charge in [-0.3, -0.25) is 9.88 Å². The lowest BCUT2D eigenvalue weighted by Gasteiger charge is -2.21. The van der Waals surface area contributed by atoms with Crippen LogP contribution in [0.2, 0.25) is 0 Å². The van der Waals surface area contributed by atoms with Crippen molar-refractivity contribution < 1.29 is 4.42 Å². The Labute approximate surface area is 112 Å². The van der Waals surface area contributed by atoms with Crippen molar-refractivity contribution in [2.75, 3.05) is 6.54 Å². The van der Waals surface area contributed by atoms with Gasteiger partial charge in [0.15, 0.2) is 5.58 Å². The maximum absolute atomic E-state index is 11.8. The second-order valence-electron chi connectivity index (χ2n) is 5.38. The van der Waals surface area contributed by atoms with Crippen LogP contribution in [0.5, 0.6) is 0 Å². The molecule has 0 saturated heterocycles. The van der Waals surface area contributed by atoms with Gasteiger partial charge in [0.05, 0.1) is 12.2 Å². The predicted molar refractivity (Wildman–Crippen MR) is 75.1 cm³/mol. The SMILES string of the molecule is O=c1oc2ccccc2n1CNCC1CCCCC1. The van der Waals surface area contributed by atoms with Gasteiger partial charge in [-0.1, -0.05) is 31.4 Å². The van der Waals surface area contributed by atoms with Crippen LogP contribution in [0.15, 0.2) is 33.5 Å².